The quantitative estimate of drug-likeness (QED) is 0.0262. The number of carbonyl (C=O) groups excluding carboxylic acids is 3. The number of unbranched alkanes of at least 4 members (excludes halogenated alkanes) is 31. The summed E-state index contributed by atoms with van der Waals surface area (Å²) < 4.78 is 16.8. The molecular weight excluding hydrogens is 793 g/mol. The standard InChI is InChI=1S/C58H104O6/c1-4-7-10-13-16-19-22-25-27-29-31-33-36-39-42-45-48-51-57(60)63-54-55(53-62-56(59)50-47-44-41-38-35-32-24-21-18-15-12-9-6-3)64-58(61)52-49-46-43-40-37-34-30-28-26-23-20-17-14-11-8-5-2/h16,19,25,27,32,35,41,44,55H,4-15,17-18,20-24,26,28-31,33-34,36-40,42-43,45-54H2,1-3H3/b19-16+,27-25+,35-32+,44-41+. The topological polar surface area (TPSA) is 78.9 Å². The van der Waals surface area contributed by atoms with Gasteiger partial charge in [-0.1, -0.05) is 243 Å². The summed E-state index contributed by atoms with van der Waals surface area (Å²) in [6, 6.07) is 0. The lowest BCUT2D eigenvalue weighted by atomic mass is 10.0. The van der Waals surface area contributed by atoms with Crippen LogP contribution in [0.25, 0.3) is 0 Å². The van der Waals surface area contributed by atoms with Crippen molar-refractivity contribution in [3.63, 3.8) is 0 Å². The van der Waals surface area contributed by atoms with Gasteiger partial charge in [0.15, 0.2) is 6.10 Å². The lowest BCUT2D eigenvalue weighted by Gasteiger charge is -2.18. The molecule has 0 spiro atoms. The van der Waals surface area contributed by atoms with Gasteiger partial charge in [0.25, 0.3) is 0 Å². The van der Waals surface area contributed by atoms with Crippen LogP contribution in [0.2, 0.25) is 0 Å². The normalized spacial score (nSPS) is 12.4. The molecule has 0 aliphatic heterocycles. The largest absolute Gasteiger partial charge is 0.462 e. The van der Waals surface area contributed by atoms with E-state index in [4.69, 9.17) is 14.2 Å². The molecule has 64 heavy (non-hydrogen) atoms. The Morgan fingerprint density at radius 2 is 0.594 bits per heavy atom. The van der Waals surface area contributed by atoms with E-state index in [-0.39, 0.29) is 37.5 Å². The summed E-state index contributed by atoms with van der Waals surface area (Å²) in [5, 5.41) is 0. The molecule has 0 radical (unpaired) electrons. The van der Waals surface area contributed by atoms with E-state index in [1.807, 2.05) is 6.08 Å². The molecule has 0 bridgehead atoms. The van der Waals surface area contributed by atoms with Crippen molar-refractivity contribution in [3.05, 3.63) is 48.6 Å². The van der Waals surface area contributed by atoms with E-state index >= 15 is 0 Å². The molecule has 0 saturated heterocycles. The highest BCUT2D eigenvalue weighted by molar-refractivity contribution is 5.71. The van der Waals surface area contributed by atoms with Crippen molar-refractivity contribution in [1.82, 2.24) is 0 Å². The first-order valence-electron chi connectivity index (χ1n) is 27.6. The third-order valence-electron chi connectivity index (χ3n) is 12.1. The van der Waals surface area contributed by atoms with Gasteiger partial charge in [-0.3, -0.25) is 14.4 Å². The van der Waals surface area contributed by atoms with Gasteiger partial charge >= 0.3 is 17.9 Å². The molecule has 0 fully saturated rings. The minimum Gasteiger partial charge on any atom is -0.462 e. The zero-order valence-corrected chi connectivity index (χ0v) is 42.6. The molecule has 0 amide bonds. The second kappa shape index (κ2) is 53.0. The molecule has 0 aliphatic carbocycles. The Morgan fingerprint density at radius 3 is 0.984 bits per heavy atom. The van der Waals surface area contributed by atoms with Gasteiger partial charge in [-0.15, -0.1) is 0 Å². The predicted octanol–water partition coefficient (Wildman–Crippen LogP) is 18.3. The molecule has 0 aromatic heterocycles. The number of ether oxygens (including phenoxy) is 3. The molecule has 0 N–H and O–H groups in total. The Balaban J connectivity index is 4.41. The van der Waals surface area contributed by atoms with Crippen molar-refractivity contribution in [2.24, 2.45) is 0 Å². The Hall–Kier alpha value is -2.63. The second-order valence-electron chi connectivity index (χ2n) is 18.5. The summed E-state index contributed by atoms with van der Waals surface area (Å²) in [6.07, 6.45) is 63.9. The van der Waals surface area contributed by atoms with E-state index in [1.165, 1.54) is 173 Å². The monoisotopic (exact) mass is 897 g/mol. The van der Waals surface area contributed by atoms with Gasteiger partial charge in [0.05, 0.1) is 0 Å². The fourth-order valence-corrected chi connectivity index (χ4v) is 7.88. The van der Waals surface area contributed by atoms with Gasteiger partial charge in [-0.25, -0.2) is 0 Å². The van der Waals surface area contributed by atoms with Crippen molar-refractivity contribution < 1.29 is 28.6 Å². The smallest absolute Gasteiger partial charge is 0.306 e. The van der Waals surface area contributed by atoms with Crippen molar-refractivity contribution in [2.45, 2.75) is 290 Å². The maximum Gasteiger partial charge on any atom is 0.306 e. The summed E-state index contributed by atoms with van der Waals surface area (Å²) in [5.41, 5.74) is 0. The van der Waals surface area contributed by atoms with Gasteiger partial charge < -0.3 is 14.2 Å². The van der Waals surface area contributed by atoms with Crippen LogP contribution in [0.15, 0.2) is 48.6 Å². The minimum absolute atomic E-state index is 0.0918. The Labute approximate surface area is 397 Å². The fourth-order valence-electron chi connectivity index (χ4n) is 7.88. The molecule has 0 saturated carbocycles. The van der Waals surface area contributed by atoms with E-state index in [1.54, 1.807) is 0 Å². The van der Waals surface area contributed by atoms with Crippen molar-refractivity contribution >= 4 is 17.9 Å². The van der Waals surface area contributed by atoms with Gasteiger partial charge in [0.1, 0.15) is 13.2 Å². The molecule has 1 unspecified atom stereocenters. The van der Waals surface area contributed by atoms with Crippen LogP contribution in [0.4, 0.5) is 0 Å². The highest BCUT2D eigenvalue weighted by Gasteiger charge is 2.19. The van der Waals surface area contributed by atoms with Crippen LogP contribution in [0.3, 0.4) is 0 Å². The highest BCUT2D eigenvalue weighted by atomic mass is 16.6. The summed E-state index contributed by atoms with van der Waals surface area (Å²) >= 11 is 0. The first kappa shape index (κ1) is 61.4. The maximum absolute atomic E-state index is 12.8. The predicted molar refractivity (Wildman–Crippen MR) is 275 cm³/mol. The number of hydrogen-bond donors (Lipinski definition) is 0. The third kappa shape index (κ3) is 50.4. The summed E-state index contributed by atoms with van der Waals surface area (Å²) in [5.74, 6) is -0.957. The number of hydrogen-bond acceptors (Lipinski definition) is 6. The average molecular weight is 897 g/mol. The molecule has 0 heterocycles. The van der Waals surface area contributed by atoms with Crippen molar-refractivity contribution in [3.8, 4) is 0 Å². The average Bonchev–Trinajstić information content (AvgIpc) is 3.29. The molecule has 0 aliphatic rings. The number of carbonyl (C=O) groups is 3. The van der Waals surface area contributed by atoms with Gasteiger partial charge in [-0.2, -0.15) is 0 Å². The van der Waals surface area contributed by atoms with Crippen LogP contribution >= 0.6 is 0 Å². The molecule has 6 heteroatoms. The zero-order chi connectivity index (χ0) is 46.5. The lowest BCUT2D eigenvalue weighted by molar-refractivity contribution is -0.166. The zero-order valence-electron chi connectivity index (χ0n) is 42.6. The Bertz CT molecular complexity index is 1120. The van der Waals surface area contributed by atoms with E-state index < -0.39 is 6.10 Å². The molecular formula is C58H104O6. The molecule has 6 nitrogen and oxygen atoms in total. The van der Waals surface area contributed by atoms with Crippen LogP contribution < -0.4 is 0 Å². The van der Waals surface area contributed by atoms with Gasteiger partial charge in [-0.05, 0) is 70.6 Å². The van der Waals surface area contributed by atoms with Crippen molar-refractivity contribution in [1.29, 1.82) is 0 Å². The van der Waals surface area contributed by atoms with E-state index in [0.717, 1.165) is 64.2 Å². The Morgan fingerprint density at radius 1 is 0.312 bits per heavy atom. The van der Waals surface area contributed by atoms with Crippen LogP contribution in [-0.4, -0.2) is 37.2 Å². The van der Waals surface area contributed by atoms with E-state index in [0.29, 0.717) is 19.3 Å². The Kier molecular flexibility index (Phi) is 50.8. The summed E-state index contributed by atoms with van der Waals surface area (Å²) in [7, 11) is 0. The molecule has 0 aromatic rings. The molecule has 1 atom stereocenters. The minimum atomic E-state index is -0.796. The first-order chi connectivity index (χ1) is 31.5. The molecule has 372 valence electrons. The summed E-state index contributed by atoms with van der Waals surface area (Å²) in [6.45, 7) is 6.57. The number of esters is 3. The van der Waals surface area contributed by atoms with Gasteiger partial charge in [0.2, 0.25) is 0 Å². The van der Waals surface area contributed by atoms with Crippen LogP contribution in [0, 0.1) is 0 Å². The third-order valence-corrected chi connectivity index (χ3v) is 12.1. The van der Waals surface area contributed by atoms with Crippen LogP contribution in [0.1, 0.15) is 284 Å². The van der Waals surface area contributed by atoms with E-state index in [2.05, 4.69) is 63.3 Å². The fraction of sp³-hybridized carbons (Fsp3) is 0.810. The number of rotatable bonds is 50. The second-order valence-corrected chi connectivity index (χ2v) is 18.5. The summed E-state index contributed by atoms with van der Waals surface area (Å²) in [4.78, 5) is 38.0. The van der Waals surface area contributed by atoms with Crippen molar-refractivity contribution in [2.75, 3.05) is 13.2 Å². The number of allylic oxidation sites excluding steroid dienone is 8. The van der Waals surface area contributed by atoms with E-state index in [9.17, 15) is 14.4 Å². The van der Waals surface area contributed by atoms with Crippen LogP contribution in [-0.2, 0) is 28.6 Å². The molecule has 0 rings (SSSR count). The van der Waals surface area contributed by atoms with Crippen LogP contribution in [0.5, 0.6) is 0 Å². The highest BCUT2D eigenvalue weighted by Crippen LogP contribution is 2.16. The van der Waals surface area contributed by atoms with Gasteiger partial charge in [0, 0.05) is 19.3 Å². The maximum atomic E-state index is 12.8. The first-order valence-corrected chi connectivity index (χ1v) is 27.6. The molecule has 0 aromatic carbocycles. The SMILES string of the molecule is CCCCC/C=C/C/C=C/CCCCCCCCCC(=O)OCC(COC(=O)CC/C=C/C/C=C/CCCCCCCC)OC(=O)CCCCCCCCCCCCCCCCCC. The lowest BCUT2D eigenvalue weighted by Crippen LogP contribution is -2.30.